The summed E-state index contributed by atoms with van der Waals surface area (Å²) in [6, 6.07) is 8.91. The zero-order chi connectivity index (χ0) is 13.5. The van der Waals surface area contributed by atoms with E-state index in [4.69, 9.17) is 0 Å². The van der Waals surface area contributed by atoms with Crippen LogP contribution >= 0.6 is 0 Å². The maximum absolute atomic E-state index is 11.8. The van der Waals surface area contributed by atoms with Crippen LogP contribution in [0.4, 0.5) is 0 Å². The van der Waals surface area contributed by atoms with Crippen LogP contribution in [0.2, 0.25) is 0 Å². The van der Waals surface area contributed by atoms with Crippen LogP contribution in [0, 0.1) is 0 Å². The van der Waals surface area contributed by atoms with E-state index in [0.717, 1.165) is 19.4 Å². The first-order valence-corrected chi connectivity index (χ1v) is 7.36. The Kier molecular flexibility index (Phi) is 5.40. The first kappa shape index (κ1) is 14.1. The third-order valence-electron chi connectivity index (χ3n) is 3.65. The number of hydrogen-bond acceptors (Lipinski definition) is 2. The maximum Gasteiger partial charge on any atom is 0.221 e. The molecule has 1 fully saturated rings. The summed E-state index contributed by atoms with van der Waals surface area (Å²) in [5, 5.41) is 6.34. The van der Waals surface area contributed by atoms with Gasteiger partial charge in [-0.05, 0) is 36.9 Å². The van der Waals surface area contributed by atoms with Gasteiger partial charge in [0.15, 0.2) is 0 Å². The molecule has 0 radical (unpaired) electrons. The number of carbonyl (C=O) groups excluding carboxylic acids is 1. The zero-order valence-electron chi connectivity index (χ0n) is 11.7. The second-order valence-corrected chi connectivity index (χ2v) is 5.34. The number of rotatable bonds is 6. The average molecular weight is 260 g/mol. The lowest BCUT2D eigenvalue weighted by Crippen LogP contribution is -2.31. The Labute approximate surface area is 115 Å². The monoisotopic (exact) mass is 260 g/mol. The molecule has 0 bridgehead atoms. The minimum atomic E-state index is 0.150. The molecule has 1 aliphatic heterocycles. The molecule has 0 saturated carbocycles. The van der Waals surface area contributed by atoms with Crippen molar-refractivity contribution in [3.63, 3.8) is 0 Å². The van der Waals surface area contributed by atoms with E-state index in [1.165, 1.54) is 24.0 Å². The van der Waals surface area contributed by atoms with Gasteiger partial charge >= 0.3 is 0 Å². The van der Waals surface area contributed by atoms with Crippen LogP contribution in [0.25, 0.3) is 0 Å². The lowest BCUT2D eigenvalue weighted by atomic mass is 10.1. The fraction of sp³-hybridized carbons (Fsp3) is 0.562. The highest BCUT2D eigenvalue weighted by atomic mass is 16.1. The highest BCUT2D eigenvalue weighted by Gasteiger charge is 2.17. The van der Waals surface area contributed by atoms with Crippen molar-refractivity contribution in [1.82, 2.24) is 10.6 Å². The van der Waals surface area contributed by atoms with E-state index in [0.29, 0.717) is 19.0 Å². The average Bonchev–Trinajstić information content (AvgIpc) is 2.91. The summed E-state index contributed by atoms with van der Waals surface area (Å²) in [4.78, 5) is 11.8. The Morgan fingerprint density at radius 1 is 1.32 bits per heavy atom. The first-order chi connectivity index (χ1) is 9.28. The zero-order valence-corrected chi connectivity index (χ0v) is 11.7. The smallest absolute Gasteiger partial charge is 0.221 e. The van der Waals surface area contributed by atoms with Crippen LogP contribution < -0.4 is 10.6 Å². The van der Waals surface area contributed by atoms with Gasteiger partial charge in [0, 0.05) is 19.0 Å². The van der Waals surface area contributed by atoms with E-state index in [2.05, 4.69) is 41.8 Å². The van der Waals surface area contributed by atoms with Gasteiger partial charge in [-0.1, -0.05) is 37.6 Å². The van der Waals surface area contributed by atoms with Crippen LogP contribution in [0.3, 0.4) is 0 Å². The largest absolute Gasteiger partial charge is 0.352 e. The molecule has 1 atom stereocenters. The Balaban J connectivity index is 1.73. The summed E-state index contributed by atoms with van der Waals surface area (Å²) >= 11 is 0. The van der Waals surface area contributed by atoms with Gasteiger partial charge in [-0.3, -0.25) is 4.79 Å². The molecule has 1 unspecified atom stereocenters. The molecule has 1 aromatic carbocycles. The topological polar surface area (TPSA) is 41.1 Å². The molecule has 2 N–H and O–H groups in total. The highest BCUT2D eigenvalue weighted by molar-refractivity contribution is 5.76. The van der Waals surface area contributed by atoms with Crippen LogP contribution in [0.5, 0.6) is 0 Å². The summed E-state index contributed by atoms with van der Waals surface area (Å²) in [6.45, 7) is 3.87. The predicted molar refractivity (Wildman–Crippen MR) is 77.9 cm³/mol. The summed E-state index contributed by atoms with van der Waals surface area (Å²) in [5.41, 5.74) is 2.54. The van der Waals surface area contributed by atoms with Crippen molar-refractivity contribution in [3.8, 4) is 0 Å². The predicted octanol–water partition coefficient (Wildman–Crippen LogP) is 2.40. The maximum atomic E-state index is 11.8. The Morgan fingerprint density at radius 3 is 2.68 bits per heavy atom. The van der Waals surface area contributed by atoms with Crippen LogP contribution in [-0.4, -0.2) is 18.5 Å². The van der Waals surface area contributed by atoms with Crippen LogP contribution in [0.15, 0.2) is 24.3 Å². The quantitative estimate of drug-likeness (QED) is 0.824. The normalized spacial score (nSPS) is 18.5. The van der Waals surface area contributed by atoms with Gasteiger partial charge in [0.05, 0.1) is 0 Å². The van der Waals surface area contributed by atoms with Gasteiger partial charge in [0.2, 0.25) is 5.91 Å². The van der Waals surface area contributed by atoms with E-state index < -0.39 is 0 Å². The van der Waals surface area contributed by atoms with E-state index in [1.807, 2.05) is 0 Å². The highest BCUT2D eigenvalue weighted by Crippen LogP contribution is 2.09. The van der Waals surface area contributed by atoms with Crippen molar-refractivity contribution >= 4 is 5.91 Å². The standard InChI is InChI=1S/C16H24N2O/c1-2-4-13-6-8-14(9-7-13)12-18-16(19)11-15-5-3-10-17-15/h6-9,15,17H,2-5,10-12H2,1H3,(H,18,19). The Hall–Kier alpha value is -1.35. The van der Waals surface area contributed by atoms with Crippen LogP contribution in [0.1, 0.15) is 43.7 Å². The van der Waals surface area contributed by atoms with Crippen molar-refractivity contribution in [2.75, 3.05) is 6.54 Å². The van der Waals surface area contributed by atoms with Gasteiger partial charge in [-0.25, -0.2) is 0 Å². The molecule has 0 spiro atoms. The molecule has 0 aliphatic carbocycles. The molecule has 3 heteroatoms. The Bertz CT molecular complexity index is 394. The number of benzene rings is 1. The van der Waals surface area contributed by atoms with Crippen molar-refractivity contribution in [1.29, 1.82) is 0 Å². The van der Waals surface area contributed by atoms with Crippen molar-refractivity contribution in [3.05, 3.63) is 35.4 Å². The SMILES string of the molecule is CCCc1ccc(CNC(=O)CC2CCCN2)cc1. The summed E-state index contributed by atoms with van der Waals surface area (Å²) < 4.78 is 0. The van der Waals surface area contributed by atoms with Gasteiger partial charge in [0.1, 0.15) is 0 Å². The molecule has 1 saturated heterocycles. The number of hydrogen-bond donors (Lipinski definition) is 2. The van der Waals surface area contributed by atoms with Crippen molar-refractivity contribution in [2.45, 2.75) is 51.6 Å². The third kappa shape index (κ3) is 4.67. The molecule has 19 heavy (non-hydrogen) atoms. The van der Waals surface area contributed by atoms with E-state index >= 15 is 0 Å². The van der Waals surface area contributed by atoms with Gasteiger partial charge in [0.25, 0.3) is 0 Å². The molecule has 0 aromatic heterocycles. The fourth-order valence-corrected chi connectivity index (χ4v) is 2.54. The molecule has 2 rings (SSSR count). The van der Waals surface area contributed by atoms with E-state index in [-0.39, 0.29) is 5.91 Å². The number of nitrogens with one attached hydrogen (secondary N) is 2. The van der Waals surface area contributed by atoms with E-state index in [9.17, 15) is 4.79 Å². The molecular formula is C16H24N2O. The third-order valence-corrected chi connectivity index (χ3v) is 3.65. The van der Waals surface area contributed by atoms with Crippen molar-refractivity contribution in [2.24, 2.45) is 0 Å². The first-order valence-electron chi connectivity index (χ1n) is 7.36. The number of aryl methyl sites for hydroxylation is 1. The molecule has 3 nitrogen and oxygen atoms in total. The molecule has 1 heterocycles. The summed E-state index contributed by atoms with van der Waals surface area (Å²) in [7, 11) is 0. The fourth-order valence-electron chi connectivity index (χ4n) is 2.54. The minimum Gasteiger partial charge on any atom is -0.352 e. The van der Waals surface area contributed by atoms with Crippen molar-refractivity contribution < 1.29 is 4.79 Å². The number of amides is 1. The van der Waals surface area contributed by atoms with Gasteiger partial charge < -0.3 is 10.6 Å². The molecule has 1 aliphatic rings. The molecular weight excluding hydrogens is 236 g/mol. The van der Waals surface area contributed by atoms with Gasteiger partial charge in [-0.2, -0.15) is 0 Å². The summed E-state index contributed by atoms with van der Waals surface area (Å²) in [6.07, 6.45) is 5.22. The second-order valence-electron chi connectivity index (χ2n) is 5.34. The summed E-state index contributed by atoms with van der Waals surface area (Å²) in [5.74, 6) is 0.150. The molecule has 1 aromatic rings. The molecule has 104 valence electrons. The lowest BCUT2D eigenvalue weighted by Gasteiger charge is -2.10. The van der Waals surface area contributed by atoms with E-state index in [1.54, 1.807) is 0 Å². The lowest BCUT2D eigenvalue weighted by molar-refractivity contribution is -0.121. The number of carbonyl (C=O) groups is 1. The van der Waals surface area contributed by atoms with Gasteiger partial charge in [-0.15, -0.1) is 0 Å². The minimum absolute atomic E-state index is 0.150. The Morgan fingerprint density at radius 2 is 2.05 bits per heavy atom. The van der Waals surface area contributed by atoms with Crippen LogP contribution in [-0.2, 0) is 17.8 Å². The molecule has 1 amide bonds. The second kappa shape index (κ2) is 7.29.